The molecule has 1 fully saturated rings. The van der Waals surface area contributed by atoms with E-state index in [1.807, 2.05) is 42.7 Å². The zero-order valence-corrected chi connectivity index (χ0v) is 17.6. The quantitative estimate of drug-likeness (QED) is 0.608. The molecule has 2 atom stereocenters. The van der Waals surface area contributed by atoms with E-state index in [0.29, 0.717) is 0 Å². The molecule has 6 nitrogen and oxygen atoms in total. The third-order valence-corrected chi connectivity index (χ3v) is 5.53. The van der Waals surface area contributed by atoms with Crippen molar-refractivity contribution in [1.29, 1.82) is 0 Å². The summed E-state index contributed by atoms with van der Waals surface area (Å²) in [5, 5.41) is 4.30. The lowest BCUT2D eigenvalue weighted by Gasteiger charge is -2.29. The number of thiocarbonyl (C=S) groups is 1. The summed E-state index contributed by atoms with van der Waals surface area (Å²) in [6.45, 7) is 1.90. The largest absolute Gasteiger partial charge is 0.352 e. The van der Waals surface area contributed by atoms with Gasteiger partial charge in [0.05, 0.1) is 17.8 Å². The summed E-state index contributed by atoms with van der Waals surface area (Å²) in [6, 6.07) is 16.2. The highest BCUT2D eigenvalue weighted by atomic mass is 32.1. The number of aromatic nitrogens is 3. The predicted molar refractivity (Wildman–Crippen MR) is 119 cm³/mol. The molecule has 1 N–H and O–H groups in total. The molecule has 0 spiro atoms. The number of hydrogen-bond donors (Lipinski definition) is 1. The molecule has 1 aliphatic rings. The maximum Gasteiger partial charge on any atom is 0.170 e. The summed E-state index contributed by atoms with van der Waals surface area (Å²) in [4.78, 5) is 13.7. The van der Waals surface area contributed by atoms with Gasteiger partial charge in [-0.25, -0.2) is 4.98 Å². The Kier molecular flexibility index (Phi) is 5.87. The number of nitrogens with one attached hydrogen (secondary N) is 1. The topological polar surface area (TPSA) is 49.2 Å². The molecule has 0 bridgehead atoms. The Morgan fingerprint density at radius 3 is 2.52 bits per heavy atom. The molecule has 0 aromatic carbocycles. The Labute approximate surface area is 177 Å². The van der Waals surface area contributed by atoms with Crippen molar-refractivity contribution >= 4 is 17.3 Å². The van der Waals surface area contributed by atoms with Gasteiger partial charge in [0.15, 0.2) is 5.11 Å². The first-order chi connectivity index (χ1) is 14.1. The van der Waals surface area contributed by atoms with Crippen LogP contribution in [0.15, 0.2) is 67.1 Å². The van der Waals surface area contributed by atoms with E-state index in [4.69, 9.17) is 12.2 Å². The lowest BCUT2D eigenvalue weighted by atomic mass is 10.0. The minimum absolute atomic E-state index is 0.0135. The third kappa shape index (κ3) is 4.16. The van der Waals surface area contributed by atoms with Gasteiger partial charge in [-0.05, 0) is 75.7 Å². The molecule has 0 aliphatic carbocycles. The van der Waals surface area contributed by atoms with Gasteiger partial charge in [-0.3, -0.25) is 4.98 Å². The van der Waals surface area contributed by atoms with E-state index in [9.17, 15) is 0 Å². The summed E-state index contributed by atoms with van der Waals surface area (Å²) >= 11 is 5.76. The van der Waals surface area contributed by atoms with Gasteiger partial charge < -0.3 is 19.7 Å². The van der Waals surface area contributed by atoms with Gasteiger partial charge in [-0.15, -0.1) is 0 Å². The van der Waals surface area contributed by atoms with Crippen LogP contribution in [0.25, 0.3) is 5.82 Å². The van der Waals surface area contributed by atoms with Crippen LogP contribution in [0.3, 0.4) is 0 Å². The van der Waals surface area contributed by atoms with Crippen LogP contribution in [-0.2, 0) is 0 Å². The lowest BCUT2D eigenvalue weighted by molar-refractivity contribution is 0.286. The van der Waals surface area contributed by atoms with Crippen molar-refractivity contribution in [3.63, 3.8) is 0 Å². The maximum absolute atomic E-state index is 5.76. The monoisotopic (exact) mass is 406 g/mol. The first-order valence-corrected chi connectivity index (χ1v) is 10.3. The number of pyridine rings is 2. The smallest absolute Gasteiger partial charge is 0.170 e. The van der Waals surface area contributed by atoms with Gasteiger partial charge in [-0.1, -0.05) is 12.1 Å². The summed E-state index contributed by atoms with van der Waals surface area (Å²) in [7, 11) is 4.20. The van der Waals surface area contributed by atoms with Crippen molar-refractivity contribution in [2.75, 3.05) is 27.2 Å². The highest BCUT2D eigenvalue weighted by Gasteiger charge is 2.41. The lowest BCUT2D eigenvalue weighted by Crippen LogP contribution is -2.33. The summed E-state index contributed by atoms with van der Waals surface area (Å²) < 4.78 is 2.15. The maximum atomic E-state index is 5.76. The molecule has 3 aromatic heterocycles. The fraction of sp³-hybridized carbons (Fsp3) is 0.318. The molecule has 0 unspecified atom stereocenters. The van der Waals surface area contributed by atoms with Crippen LogP contribution in [-0.4, -0.2) is 56.6 Å². The SMILES string of the molecule is CN(C)CCCN1C(=S)N[C@H](c2ccccn2)[C@@H]1c1cccn1-c1ccccn1. The van der Waals surface area contributed by atoms with Crippen LogP contribution in [0.2, 0.25) is 0 Å². The molecule has 1 saturated heterocycles. The molecule has 3 aromatic rings. The van der Waals surface area contributed by atoms with Crippen LogP contribution >= 0.6 is 12.2 Å². The van der Waals surface area contributed by atoms with Gasteiger partial charge in [0.25, 0.3) is 0 Å². The van der Waals surface area contributed by atoms with Gasteiger partial charge in [-0.2, -0.15) is 0 Å². The normalized spacial score (nSPS) is 19.0. The average molecular weight is 407 g/mol. The Hall–Kier alpha value is -2.77. The van der Waals surface area contributed by atoms with Crippen molar-refractivity contribution in [3.05, 3.63) is 78.5 Å². The van der Waals surface area contributed by atoms with Crippen LogP contribution in [0.4, 0.5) is 0 Å². The second kappa shape index (κ2) is 8.71. The van der Waals surface area contributed by atoms with E-state index in [2.05, 4.69) is 68.1 Å². The zero-order valence-electron chi connectivity index (χ0n) is 16.8. The minimum atomic E-state index is -0.0135. The molecule has 0 saturated carbocycles. The van der Waals surface area contributed by atoms with Crippen LogP contribution in [0.1, 0.15) is 29.9 Å². The fourth-order valence-corrected chi connectivity index (χ4v) is 4.20. The molecular formula is C22H26N6S. The predicted octanol–water partition coefficient (Wildman–Crippen LogP) is 3.19. The van der Waals surface area contributed by atoms with E-state index in [1.165, 1.54) is 0 Å². The molecule has 0 amide bonds. The van der Waals surface area contributed by atoms with Gasteiger partial charge >= 0.3 is 0 Å². The molecule has 4 heterocycles. The Morgan fingerprint density at radius 1 is 1.03 bits per heavy atom. The standard InChI is InChI=1S/C22H26N6S/c1-26(2)14-8-16-28-21(20(25-22(28)29)17-9-3-5-12-23-17)18-10-7-15-27(18)19-11-4-6-13-24-19/h3-7,9-13,15,20-21H,8,14,16H2,1-2H3,(H,25,29)/t20-,21+/m1/s1. The summed E-state index contributed by atoms with van der Waals surface area (Å²) in [6.07, 6.45) is 6.75. The molecule has 1 aliphatic heterocycles. The van der Waals surface area contributed by atoms with Crippen molar-refractivity contribution in [2.45, 2.75) is 18.5 Å². The van der Waals surface area contributed by atoms with Crippen molar-refractivity contribution in [3.8, 4) is 5.82 Å². The first kappa shape index (κ1) is 19.5. The minimum Gasteiger partial charge on any atom is -0.352 e. The van der Waals surface area contributed by atoms with E-state index in [1.54, 1.807) is 0 Å². The average Bonchev–Trinajstić information content (AvgIpc) is 3.34. The second-order valence-corrected chi connectivity index (χ2v) is 7.85. The molecule has 0 radical (unpaired) electrons. The van der Waals surface area contributed by atoms with Crippen molar-refractivity contribution < 1.29 is 0 Å². The summed E-state index contributed by atoms with van der Waals surface area (Å²) in [5.74, 6) is 0.901. The van der Waals surface area contributed by atoms with E-state index >= 15 is 0 Å². The highest BCUT2D eigenvalue weighted by Crippen LogP contribution is 2.39. The summed E-state index contributed by atoms with van der Waals surface area (Å²) in [5.41, 5.74) is 2.14. The molecule has 150 valence electrons. The zero-order chi connectivity index (χ0) is 20.2. The number of rotatable bonds is 7. The van der Waals surface area contributed by atoms with Gasteiger partial charge in [0.1, 0.15) is 5.82 Å². The molecule has 7 heteroatoms. The van der Waals surface area contributed by atoms with Crippen LogP contribution in [0, 0.1) is 0 Å². The Balaban J connectivity index is 1.72. The van der Waals surface area contributed by atoms with E-state index in [0.717, 1.165) is 41.8 Å². The fourth-order valence-electron chi connectivity index (χ4n) is 3.87. The van der Waals surface area contributed by atoms with Gasteiger partial charge in [0, 0.05) is 30.8 Å². The van der Waals surface area contributed by atoms with Crippen LogP contribution < -0.4 is 5.32 Å². The Morgan fingerprint density at radius 2 is 1.83 bits per heavy atom. The molecule has 4 rings (SSSR count). The molecule has 29 heavy (non-hydrogen) atoms. The molecular weight excluding hydrogens is 380 g/mol. The second-order valence-electron chi connectivity index (χ2n) is 7.47. The first-order valence-electron chi connectivity index (χ1n) is 9.86. The van der Waals surface area contributed by atoms with Crippen LogP contribution in [0.5, 0.6) is 0 Å². The van der Waals surface area contributed by atoms with Gasteiger partial charge in [0.2, 0.25) is 0 Å². The Bertz CT molecular complexity index is 940. The van der Waals surface area contributed by atoms with E-state index in [-0.39, 0.29) is 12.1 Å². The highest BCUT2D eigenvalue weighted by molar-refractivity contribution is 7.80. The third-order valence-electron chi connectivity index (χ3n) is 5.18. The van der Waals surface area contributed by atoms with Crippen molar-refractivity contribution in [2.24, 2.45) is 0 Å². The van der Waals surface area contributed by atoms with E-state index < -0.39 is 0 Å². The number of nitrogens with zero attached hydrogens (tertiary/aromatic N) is 5. The number of hydrogen-bond acceptors (Lipinski definition) is 4. The van der Waals surface area contributed by atoms with Crippen molar-refractivity contribution in [1.82, 2.24) is 29.7 Å².